The lowest BCUT2D eigenvalue weighted by Crippen LogP contribution is -2.02. The Morgan fingerprint density at radius 2 is 2.12 bits per heavy atom. The summed E-state index contributed by atoms with van der Waals surface area (Å²) < 4.78 is 1.74. The summed E-state index contributed by atoms with van der Waals surface area (Å²) >= 11 is 0. The summed E-state index contributed by atoms with van der Waals surface area (Å²) in [5.74, 6) is 0. The van der Waals surface area contributed by atoms with Crippen LogP contribution in [-0.4, -0.2) is 20.1 Å². The van der Waals surface area contributed by atoms with Crippen LogP contribution >= 0.6 is 0 Å². The van der Waals surface area contributed by atoms with Crippen molar-refractivity contribution in [2.75, 3.05) is 0 Å². The van der Waals surface area contributed by atoms with Crippen molar-refractivity contribution >= 4 is 0 Å². The predicted molar refractivity (Wildman–Crippen MR) is 61.0 cm³/mol. The monoisotopic (exact) mass is 217 g/mol. The van der Waals surface area contributed by atoms with Gasteiger partial charge in [0, 0.05) is 0 Å². The van der Waals surface area contributed by atoms with Gasteiger partial charge in [-0.3, -0.25) is 0 Å². The smallest absolute Gasteiger partial charge is 0.108 e. The maximum absolute atomic E-state index is 8.89. The van der Waals surface area contributed by atoms with Gasteiger partial charge in [-0.2, -0.15) is 0 Å². The van der Waals surface area contributed by atoms with Crippen molar-refractivity contribution in [1.29, 1.82) is 0 Å². The average Bonchev–Trinajstić information content (AvgIpc) is 2.70. The molecule has 4 heteroatoms. The molecule has 1 N–H and O–H groups in total. The molecule has 0 spiro atoms. The molecule has 1 heterocycles. The van der Waals surface area contributed by atoms with E-state index < -0.39 is 0 Å². The summed E-state index contributed by atoms with van der Waals surface area (Å²) in [4.78, 5) is 0. The van der Waals surface area contributed by atoms with Gasteiger partial charge in [-0.25, -0.2) is 4.68 Å². The Bertz CT molecular complexity index is 491. The molecule has 0 amide bonds. The van der Waals surface area contributed by atoms with Crippen LogP contribution in [0.25, 0.3) is 0 Å². The second kappa shape index (κ2) is 4.45. The number of hydrogen-bond donors (Lipinski definition) is 1. The maximum atomic E-state index is 8.89. The Balaban J connectivity index is 2.20. The van der Waals surface area contributed by atoms with Crippen LogP contribution in [0.2, 0.25) is 0 Å². The van der Waals surface area contributed by atoms with E-state index in [0.29, 0.717) is 12.2 Å². The Morgan fingerprint density at radius 3 is 2.75 bits per heavy atom. The van der Waals surface area contributed by atoms with Crippen LogP contribution < -0.4 is 0 Å². The van der Waals surface area contributed by atoms with Gasteiger partial charge >= 0.3 is 0 Å². The van der Waals surface area contributed by atoms with Crippen molar-refractivity contribution in [2.45, 2.75) is 27.0 Å². The summed E-state index contributed by atoms with van der Waals surface area (Å²) in [7, 11) is 0. The fraction of sp³-hybridized carbons (Fsp3) is 0.333. The number of nitrogens with zero attached hydrogens (tertiary/aromatic N) is 3. The fourth-order valence-electron chi connectivity index (χ4n) is 1.69. The number of hydrogen-bond acceptors (Lipinski definition) is 3. The van der Waals surface area contributed by atoms with Crippen LogP contribution in [-0.2, 0) is 13.2 Å². The molecule has 16 heavy (non-hydrogen) atoms. The van der Waals surface area contributed by atoms with E-state index in [0.717, 1.165) is 0 Å². The first-order valence-electron chi connectivity index (χ1n) is 5.25. The molecule has 4 nitrogen and oxygen atoms in total. The van der Waals surface area contributed by atoms with Crippen molar-refractivity contribution in [1.82, 2.24) is 15.0 Å². The minimum atomic E-state index is -0.0626. The highest BCUT2D eigenvalue weighted by molar-refractivity contribution is 5.30. The standard InChI is InChI=1S/C12H15N3O/c1-9-3-4-11(10(2)5-9)6-15-7-12(8-16)13-14-15/h3-5,7,16H,6,8H2,1-2H3. The SMILES string of the molecule is Cc1ccc(Cn2cc(CO)nn2)c(C)c1. The van der Waals surface area contributed by atoms with Gasteiger partial charge in [0.15, 0.2) is 0 Å². The van der Waals surface area contributed by atoms with E-state index in [9.17, 15) is 0 Å². The van der Waals surface area contributed by atoms with Crippen LogP contribution in [0.1, 0.15) is 22.4 Å². The Hall–Kier alpha value is -1.68. The number of aliphatic hydroxyl groups is 1. The molecule has 2 aromatic rings. The highest BCUT2D eigenvalue weighted by atomic mass is 16.3. The third-order valence-corrected chi connectivity index (χ3v) is 2.58. The second-order valence-corrected chi connectivity index (χ2v) is 4.00. The van der Waals surface area contributed by atoms with Crippen molar-refractivity contribution < 1.29 is 5.11 Å². The molecule has 0 saturated heterocycles. The number of rotatable bonds is 3. The first-order chi connectivity index (χ1) is 7.69. The summed E-state index contributed by atoms with van der Waals surface area (Å²) in [5, 5.41) is 16.7. The molecule has 0 fully saturated rings. The topological polar surface area (TPSA) is 50.9 Å². The maximum Gasteiger partial charge on any atom is 0.108 e. The molecule has 0 aliphatic rings. The molecule has 0 bridgehead atoms. The van der Waals surface area contributed by atoms with Crippen molar-refractivity contribution in [3.8, 4) is 0 Å². The van der Waals surface area contributed by atoms with Gasteiger partial charge in [0.1, 0.15) is 5.69 Å². The molecular weight excluding hydrogens is 202 g/mol. The van der Waals surface area contributed by atoms with E-state index in [1.165, 1.54) is 16.7 Å². The summed E-state index contributed by atoms with van der Waals surface area (Å²) in [6.45, 7) is 4.80. The summed E-state index contributed by atoms with van der Waals surface area (Å²) in [5.41, 5.74) is 4.33. The van der Waals surface area contributed by atoms with E-state index in [-0.39, 0.29) is 6.61 Å². The van der Waals surface area contributed by atoms with E-state index >= 15 is 0 Å². The van der Waals surface area contributed by atoms with Gasteiger partial charge in [0.25, 0.3) is 0 Å². The molecule has 0 atom stereocenters. The molecule has 2 rings (SSSR count). The predicted octanol–water partition coefficient (Wildman–Crippen LogP) is 1.44. The lowest BCUT2D eigenvalue weighted by molar-refractivity contribution is 0.276. The Morgan fingerprint density at radius 1 is 1.31 bits per heavy atom. The van der Waals surface area contributed by atoms with Crippen LogP contribution in [0.4, 0.5) is 0 Å². The highest BCUT2D eigenvalue weighted by Crippen LogP contribution is 2.11. The van der Waals surface area contributed by atoms with Gasteiger partial charge < -0.3 is 5.11 Å². The molecule has 0 saturated carbocycles. The zero-order chi connectivity index (χ0) is 11.5. The second-order valence-electron chi connectivity index (χ2n) is 4.00. The number of aryl methyl sites for hydroxylation is 2. The van der Waals surface area contributed by atoms with Crippen molar-refractivity contribution in [2.24, 2.45) is 0 Å². The van der Waals surface area contributed by atoms with Gasteiger partial charge in [-0.1, -0.05) is 29.0 Å². The largest absolute Gasteiger partial charge is 0.390 e. The van der Waals surface area contributed by atoms with E-state index in [1.807, 2.05) is 0 Å². The number of aromatic nitrogens is 3. The van der Waals surface area contributed by atoms with E-state index in [4.69, 9.17) is 5.11 Å². The van der Waals surface area contributed by atoms with Gasteiger partial charge in [0.05, 0.1) is 19.3 Å². The molecule has 1 aromatic carbocycles. The molecule has 0 aliphatic heterocycles. The molecule has 0 aliphatic carbocycles. The zero-order valence-corrected chi connectivity index (χ0v) is 9.51. The lowest BCUT2D eigenvalue weighted by atomic mass is 10.1. The number of benzene rings is 1. The van der Waals surface area contributed by atoms with Gasteiger partial charge in [-0.05, 0) is 25.0 Å². The minimum absolute atomic E-state index is 0.0626. The quantitative estimate of drug-likeness (QED) is 0.846. The fourth-order valence-corrected chi connectivity index (χ4v) is 1.69. The Labute approximate surface area is 94.5 Å². The van der Waals surface area contributed by atoms with E-state index in [1.54, 1.807) is 10.9 Å². The first-order valence-corrected chi connectivity index (χ1v) is 5.25. The van der Waals surface area contributed by atoms with Gasteiger partial charge in [-0.15, -0.1) is 5.10 Å². The summed E-state index contributed by atoms with van der Waals surface area (Å²) in [6.07, 6.45) is 1.76. The van der Waals surface area contributed by atoms with Crippen LogP contribution in [0.5, 0.6) is 0 Å². The minimum Gasteiger partial charge on any atom is -0.390 e. The molecule has 0 unspecified atom stereocenters. The van der Waals surface area contributed by atoms with Crippen molar-refractivity contribution in [3.05, 3.63) is 46.8 Å². The molecule has 1 aromatic heterocycles. The van der Waals surface area contributed by atoms with Crippen molar-refractivity contribution in [3.63, 3.8) is 0 Å². The van der Waals surface area contributed by atoms with Crippen LogP contribution in [0.3, 0.4) is 0 Å². The normalized spacial score (nSPS) is 10.7. The Kier molecular flexibility index (Phi) is 3.01. The molecular formula is C12H15N3O. The number of aliphatic hydroxyl groups excluding tert-OH is 1. The molecule has 0 radical (unpaired) electrons. The van der Waals surface area contributed by atoms with Crippen LogP contribution in [0, 0.1) is 13.8 Å². The average molecular weight is 217 g/mol. The zero-order valence-electron chi connectivity index (χ0n) is 9.51. The third-order valence-electron chi connectivity index (χ3n) is 2.58. The van der Waals surface area contributed by atoms with Crippen LogP contribution in [0.15, 0.2) is 24.4 Å². The first kappa shape index (κ1) is 10.8. The van der Waals surface area contributed by atoms with Gasteiger partial charge in [0.2, 0.25) is 0 Å². The lowest BCUT2D eigenvalue weighted by Gasteiger charge is -2.06. The third kappa shape index (κ3) is 2.28. The van der Waals surface area contributed by atoms with E-state index in [2.05, 4.69) is 42.4 Å². The summed E-state index contributed by atoms with van der Waals surface area (Å²) in [6, 6.07) is 6.34. The highest BCUT2D eigenvalue weighted by Gasteiger charge is 2.02. The molecule has 84 valence electrons.